The maximum Gasteiger partial charge on any atom is 0.245 e. The van der Waals surface area contributed by atoms with Crippen molar-refractivity contribution in [2.45, 2.75) is 93.8 Å². The molecule has 290 valence electrons. The SMILES string of the molecule is CC(O)[C@@H]1NC[C@@H](NC(=O)[C@@H](N)CO)CCC(=O)NCCCC[C@@H](C(=O)N[C@@H](CO)C(=O)N[C@H](C=O)Cc2ccccc2)NC(=O)[C@H](CO)NC1=O. The molecule has 19 nitrogen and oxygen atoms in total. The fourth-order valence-electron chi connectivity index (χ4n) is 5.21. The molecule has 0 spiro atoms. The van der Waals surface area contributed by atoms with E-state index in [0.717, 1.165) is 5.56 Å². The van der Waals surface area contributed by atoms with Crippen LogP contribution in [0.1, 0.15) is 44.6 Å². The Hall–Kier alpha value is -4.53. The van der Waals surface area contributed by atoms with Crippen molar-refractivity contribution in [3.05, 3.63) is 35.9 Å². The summed E-state index contributed by atoms with van der Waals surface area (Å²) in [5.74, 6) is -4.71. The molecular formula is C33H52N8O11. The van der Waals surface area contributed by atoms with Crippen LogP contribution in [0.5, 0.6) is 0 Å². The number of aldehydes is 1. The third-order valence-corrected chi connectivity index (χ3v) is 8.24. The largest absolute Gasteiger partial charge is 0.394 e. The predicted molar refractivity (Wildman–Crippen MR) is 185 cm³/mol. The van der Waals surface area contributed by atoms with Gasteiger partial charge in [0.05, 0.1) is 32.0 Å². The molecule has 1 fully saturated rings. The number of benzene rings is 1. The highest BCUT2D eigenvalue weighted by Crippen LogP contribution is 2.07. The Bertz CT molecular complexity index is 1340. The van der Waals surface area contributed by atoms with Gasteiger partial charge in [-0.1, -0.05) is 30.3 Å². The topological polar surface area (TPSA) is 311 Å². The average molecular weight is 737 g/mol. The highest BCUT2D eigenvalue weighted by Gasteiger charge is 2.32. The van der Waals surface area contributed by atoms with Crippen LogP contribution >= 0.6 is 0 Å². The van der Waals surface area contributed by atoms with Gasteiger partial charge >= 0.3 is 0 Å². The molecule has 1 aliphatic rings. The van der Waals surface area contributed by atoms with Gasteiger partial charge < -0.3 is 68.2 Å². The van der Waals surface area contributed by atoms with E-state index in [1.54, 1.807) is 30.3 Å². The zero-order chi connectivity index (χ0) is 38.6. The van der Waals surface area contributed by atoms with Gasteiger partial charge in [-0.05, 0) is 44.6 Å². The van der Waals surface area contributed by atoms with Crippen LogP contribution in [0.3, 0.4) is 0 Å². The third kappa shape index (κ3) is 15.0. The van der Waals surface area contributed by atoms with Crippen LogP contribution < -0.4 is 43.0 Å². The standard InChI is InChI=1S/C33H52N8O11/c1-19(46)28-33(52)41-26(18-45)32(51)39-24(9-5-6-12-35-27(47)11-10-21(14-36-28)37-29(48)23(34)16-43)30(49)40-25(17-44)31(50)38-22(15-42)13-20-7-3-2-4-8-20/h2-4,7-8,15,19,21-26,28,36,43-46H,5-6,9-14,16-18,34H2,1H3,(H,35,47)(H,37,48)(H,38,50)(H,39,51)(H,40,49)(H,41,52)/t19?,21-,22-,23-,24-,25-,26-,28-/m0/s1. The first-order valence-corrected chi connectivity index (χ1v) is 17.1. The van der Waals surface area contributed by atoms with Gasteiger partial charge in [-0.3, -0.25) is 28.8 Å². The Morgan fingerprint density at radius 3 is 2.29 bits per heavy atom. The summed E-state index contributed by atoms with van der Waals surface area (Å²) >= 11 is 0. The number of amides is 6. The monoisotopic (exact) mass is 736 g/mol. The van der Waals surface area contributed by atoms with Gasteiger partial charge in [-0.25, -0.2) is 0 Å². The van der Waals surface area contributed by atoms with E-state index in [2.05, 4.69) is 37.2 Å². The lowest BCUT2D eigenvalue weighted by Gasteiger charge is -2.28. The van der Waals surface area contributed by atoms with Crippen LogP contribution in [-0.2, 0) is 40.0 Å². The Kier molecular flexibility index (Phi) is 19.4. The Labute approximate surface area is 301 Å². The molecule has 0 bridgehead atoms. The summed E-state index contributed by atoms with van der Waals surface area (Å²) in [6.07, 6.45) is -0.0484. The molecule has 0 radical (unpaired) electrons. The molecule has 6 amide bonds. The molecule has 0 aromatic heterocycles. The molecular weight excluding hydrogens is 684 g/mol. The second-order valence-corrected chi connectivity index (χ2v) is 12.5. The maximum absolute atomic E-state index is 13.4. The van der Waals surface area contributed by atoms with E-state index in [4.69, 9.17) is 5.73 Å². The number of rotatable bonds is 13. The Balaban J connectivity index is 2.22. The van der Waals surface area contributed by atoms with Crippen molar-refractivity contribution in [1.29, 1.82) is 0 Å². The summed E-state index contributed by atoms with van der Waals surface area (Å²) in [5, 5.41) is 57.2. The minimum Gasteiger partial charge on any atom is -0.394 e. The summed E-state index contributed by atoms with van der Waals surface area (Å²) in [6, 6.07) is 0.0789. The van der Waals surface area contributed by atoms with Crippen molar-refractivity contribution < 1.29 is 54.0 Å². The van der Waals surface area contributed by atoms with Crippen LogP contribution in [0.25, 0.3) is 0 Å². The van der Waals surface area contributed by atoms with E-state index in [9.17, 15) is 54.0 Å². The van der Waals surface area contributed by atoms with Gasteiger partial charge in [0, 0.05) is 25.6 Å². The highest BCUT2D eigenvalue weighted by molar-refractivity contribution is 5.95. The van der Waals surface area contributed by atoms with Gasteiger partial charge in [-0.15, -0.1) is 0 Å². The first-order chi connectivity index (χ1) is 24.8. The van der Waals surface area contributed by atoms with Crippen LogP contribution in [0.2, 0.25) is 0 Å². The molecule has 0 aliphatic carbocycles. The number of nitrogens with two attached hydrogens (primary N) is 1. The smallest absolute Gasteiger partial charge is 0.245 e. The average Bonchev–Trinajstić information content (AvgIpc) is 3.13. The second kappa shape index (κ2) is 23.1. The number of nitrogens with one attached hydrogen (secondary N) is 7. The van der Waals surface area contributed by atoms with Crippen molar-refractivity contribution in [2.75, 3.05) is 32.9 Å². The van der Waals surface area contributed by atoms with Crippen LogP contribution in [0, 0.1) is 0 Å². The number of carbonyl (C=O) groups is 7. The lowest BCUT2D eigenvalue weighted by molar-refractivity contribution is -0.135. The summed E-state index contributed by atoms with van der Waals surface area (Å²) in [7, 11) is 0. The van der Waals surface area contributed by atoms with Crippen molar-refractivity contribution >= 4 is 41.7 Å². The van der Waals surface area contributed by atoms with E-state index in [-0.39, 0.29) is 51.1 Å². The minimum absolute atomic E-state index is 0.0264. The number of carbonyl (C=O) groups excluding carboxylic acids is 7. The van der Waals surface area contributed by atoms with Crippen molar-refractivity contribution in [2.24, 2.45) is 5.73 Å². The number of aliphatic hydroxyl groups is 4. The first-order valence-electron chi connectivity index (χ1n) is 17.1. The van der Waals surface area contributed by atoms with Gasteiger partial charge in [-0.2, -0.15) is 0 Å². The van der Waals surface area contributed by atoms with E-state index >= 15 is 0 Å². The molecule has 1 aromatic carbocycles. The van der Waals surface area contributed by atoms with Crippen molar-refractivity contribution in [1.82, 2.24) is 37.2 Å². The molecule has 52 heavy (non-hydrogen) atoms. The maximum atomic E-state index is 13.4. The Morgan fingerprint density at radius 2 is 1.67 bits per heavy atom. The molecule has 1 aliphatic heterocycles. The molecule has 19 heteroatoms. The molecule has 1 aromatic rings. The number of hydrogen-bond donors (Lipinski definition) is 12. The summed E-state index contributed by atoms with van der Waals surface area (Å²) in [4.78, 5) is 89.5. The van der Waals surface area contributed by atoms with E-state index in [1.165, 1.54) is 6.92 Å². The summed E-state index contributed by atoms with van der Waals surface area (Å²) in [5.41, 5.74) is 6.36. The van der Waals surface area contributed by atoms with E-state index in [1.807, 2.05) is 0 Å². The van der Waals surface area contributed by atoms with E-state index < -0.39 is 97.8 Å². The third-order valence-electron chi connectivity index (χ3n) is 8.24. The van der Waals surface area contributed by atoms with Gasteiger partial charge in [0.2, 0.25) is 35.4 Å². The lowest BCUT2D eigenvalue weighted by atomic mass is 10.1. The van der Waals surface area contributed by atoms with Crippen LogP contribution in [0.15, 0.2) is 30.3 Å². The van der Waals surface area contributed by atoms with Crippen LogP contribution in [0.4, 0.5) is 0 Å². The molecule has 8 atom stereocenters. The highest BCUT2D eigenvalue weighted by atomic mass is 16.3. The normalized spacial score (nSPS) is 23.5. The quantitative estimate of drug-likeness (QED) is 0.0843. The van der Waals surface area contributed by atoms with Crippen molar-refractivity contribution in [3.63, 3.8) is 0 Å². The molecule has 13 N–H and O–H groups in total. The van der Waals surface area contributed by atoms with Gasteiger partial charge in [0.25, 0.3) is 0 Å². The first kappa shape index (κ1) is 43.6. The molecule has 1 saturated heterocycles. The molecule has 0 saturated carbocycles. The van der Waals surface area contributed by atoms with E-state index in [0.29, 0.717) is 12.7 Å². The van der Waals surface area contributed by atoms with Crippen LogP contribution in [-0.4, -0.2) is 143 Å². The Morgan fingerprint density at radius 1 is 0.962 bits per heavy atom. The minimum atomic E-state index is -1.59. The zero-order valence-corrected chi connectivity index (χ0v) is 29.1. The van der Waals surface area contributed by atoms with Gasteiger partial charge in [0.1, 0.15) is 36.5 Å². The van der Waals surface area contributed by atoms with Gasteiger partial charge in [0.15, 0.2) is 0 Å². The fourth-order valence-corrected chi connectivity index (χ4v) is 5.21. The summed E-state index contributed by atoms with van der Waals surface area (Å²) in [6.45, 7) is -1.06. The van der Waals surface area contributed by atoms with Crippen molar-refractivity contribution in [3.8, 4) is 0 Å². The number of hydrogen-bond acceptors (Lipinski definition) is 13. The fraction of sp³-hybridized carbons (Fsp3) is 0.606. The second-order valence-electron chi connectivity index (χ2n) is 12.5. The zero-order valence-electron chi connectivity index (χ0n) is 29.1. The molecule has 1 unspecified atom stereocenters. The predicted octanol–water partition coefficient (Wildman–Crippen LogP) is -5.42. The molecule has 2 rings (SSSR count). The summed E-state index contributed by atoms with van der Waals surface area (Å²) < 4.78 is 0. The number of aliphatic hydroxyl groups excluding tert-OH is 4. The lowest BCUT2D eigenvalue weighted by Crippen LogP contribution is -2.61. The molecule has 1 heterocycles.